The molecule has 0 saturated heterocycles. The zero-order valence-electron chi connectivity index (χ0n) is 26.9. The van der Waals surface area contributed by atoms with E-state index >= 15 is 0 Å². The summed E-state index contributed by atoms with van der Waals surface area (Å²) in [5.74, 6) is -1.57. The van der Waals surface area contributed by atoms with Gasteiger partial charge in [0.1, 0.15) is 10.7 Å². The number of rotatable bonds is 11. The first-order valence-corrected chi connectivity index (χ1v) is 17.7. The molecule has 9 nitrogen and oxygen atoms in total. The van der Waals surface area contributed by atoms with Crippen LogP contribution in [0, 0.1) is 0 Å². The third-order valence-electron chi connectivity index (χ3n) is 7.69. The third-order valence-corrected chi connectivity index (χ3v) is 9.99. The van der Waals surface area contributed by atoms with Crippen molar-refractivity contribution in [3.63, 3.8) is 0 Å². The lowest BCUT2D eigenvalue weighted by molar-refractivity contribution is -0.115. The Kier molecular flexibility index (Phi) is 12.2. The number of esters is 1. The first kappa shape index (κ1) is 34.6. The molecule has 248 valence electrons. The summed E-state index contributed by atoms with van der Waals surface area (Å²) in [4.78, 5) is 58.9. The minimum atomic E-state index is -0.518. The second-order valence-corrected chi connectivity index (χ2v) is 13.8. The molecule has 3 amide bonds. The van der Waals surface area contributed by atoms with Crippen molar-refractivity contribution in [2.24, 2.45) is 0 Å². The Morgan fingerprint density at radius 1 is 0.958 bits per heavy atom. The maximum atomic E-state index is 13.5. The van der Waals surface area contributed by atoms with E-state index in [0.29, 0.717) is 27.4 Å². The van der Waals surface area contributed by atoms with Gasteiger partial charge in [-0.3, -0.25) is 19.4 Å². The number of anilines is 2. The average Bonchev–Trinajstić information content (AvgIpc) is 3.40. The van der Waals surface area contributed by atoms with Gasteiger partial charge in [0, 0.05) is 33.4 Å². The molecule has 1 unspecified atom stereocenters. The van der Waals surface area contributed by atoms with E-state index in [1.54, 1.807) is 86.9 Å². The van der Waals surface area contributed by atoms with Crippen molar-refractivity contribution in [2.45, 2.75) is 62.5 Å². The fourth-order valence-electron chi connectivity index (χ4n) is 5.31. The Morgan fingerprint density at radius 2 is 1.75 bits per heavy atom. The maximum absolute atomic E-state index is 13.5. The van der Waals surface area contributed by atoms with Crippen molar-refractivity contribution in [2.75, 3.05) is 17.2 Å². The van der Waals surface area contributed by atoms with Gasteiger partial charge in [-0.15, -0.1) is 23.1 Å². The van der Waals surface area contributed by atoms with Gasteiger partial charge in [-0.2, -0.15) is 0 Å². The predicted molar refractivity (Wildman–Crippen MR) is 191 cm³/mol. The molecule has 2 aromatic carbocycles. The number of aromatic nitrogens is 1. The number of hydrogen-bond acceptors (Lipinski definition) is 8. The fraction of sp³-hybridized carbons (Fsp3) is 0.270. The summed E-state index contributed by atoms with van der Waals surface area (Å²) in [5, 5.41) is 8.64. The van der Waals surface area contributed by atoms with Crippen LogP contribution in [0.25, 0.3) is 6.08 Å². The minimum Gasteiger partial charge on any atom is -0.462 e. The summed E-state index contributed by atoms with van der Waals surface area (Å²) >= 11 is 2.81. The molecule has 5 rings (SSSR count). The van der Waals surface area contributed by atoms with Crippen LogP contribution in [-0.4, -0.2) is 40.5 Å². The molecule has 1 atom stereocenters. The van der Waals surface area contributed by atoms with Gasteiger partial charge in [0.05, 0.1) is 17.4 Å². The van der Waals surface area contributed by atoms with E-state index in [-0.39, 0.29) is 18.2 Å². The second kappa shape index (κ2) is 16.9. The van der Waals surface area contributed by atoms with E-state index in [2.05, 4.69) is 20.9 Å². The molecule has 48 heavy (non-hydrogen) atoms. The van der Waals surface area contributed by atoms with Gasteiger partial charge in [-0.05, 0) is 93.1 Å². The monoisotopic (exact) mass is 682 g/mol. The van der Waals surface area contributed by atoms with Crippen molar-refractivity contribution < 1.29 is 23.9 Å². The fourth-order valence-corrected chi connectivity index (χ4v) is 7.52. The standard InChI is InChI=1S/C37H38N4O5S2/c1-3-46-37(45)32-29-18-9-4-5-10-19-31(29)48-36(32)41-33(42)24(2)47-28-17-11-16-27(22-28)39-35(44)30(21-25-13-12-20-38-23-25)40-34(43)26-14-7-6-8-15-26/h6-8,11-17,20-24H,3-5,9-10,18-19H2,1-2H3,(H,39,44)(H,40,43)(H,41,42)/b30-21-. The number of fused-ring (bicyclic) bond motifs is 1. The second-order valence-electron chi connectivity index (χ2n) is 11.2. The molecule has 3 N–H and O–H groups in total. The van der Waals surface area contributed by atoms with Crippen LogP contribution in [0.3, 0.4) is 0 Å². The van der Waals surface area contributed by atoms with Crippen LogP contribution in [0.15, 0.2) is 89.7 Å². The molecule has 0 spiro atoms. The van der Waals surface area contributed by atoms with Crippen LogP contribution < -0.4 is 16.0 Å². The summed E-state index contributed by atoms with van der Waals surface area (Å²) in [6, 6.07) is 19.3. The molecule has 1 aliphatic carbocycles. The normalized spacial score (nSPS) is 13.7. The average molecular weight is 683 g/mol. The van der Waals surface area contributed by atoms with Gasteiger partial charge in [-0.1, -0.05) is 43.2 Å². The molecule has 0 aliphatic heterocycles. The Morgan fingerprint density at radius 3 is 2.50 bits per heavy atom. The van der Waals surface area contributed by atoms with Crippen LogP contribution >= 0.6 is 23.1 Å². The number of ether oxygens (including phenoxy) is 1. The maximum Gasteiger partial charge on any atom is 0.341 e. The molecule has 2 heterocycles. The summed E-state index contributed by atoms with van der Waals surface area (Å²) in [6.07, 6.45) is 10.8. The summed E-state index contributed by atoms with van der Waals surface area (Å²) in [7, 11) is 0. The van der Waals surface area contributed by atoms with E-state index in [4.69, 9.17) is 4.74 Å². The van der Waals surface area contributed by atoms with Crippen LogP contribution in [-0.2, 0) is 27.2 Å². The number of carbonyl (C=O) groups is 4. The molecular formula is C37H38N4O5S2. The smallest absolute Gasteiger partial charge is 0.341 e. The highest BCUT2D eigenvalue weighted by molar-refractivity contribution is 8.00. The zero-order valence-corrected chi connectivity index (χ0v) is 28.5. The molecule has 11 heteroatoms. The SMILES string of the molecule is CCOC(=O)c1c(NC(=O)C(C)Sc2cccc(NC(=O)/C(=C/c3cccnc3)NC(=O)c3ccccc3)c2)sc2c1CCCCCC2. The van der Waals surface area contributed by atoms with Crippen LogP contribution in [0.2, 0.25) is 0 Å². The number of aryl methyl sites for hydroxylation is 1. The van der Waals surface area contributed by atoms with Crippen molar-refractivity contribution in [1.29, 1.82) is 0 Å². The van der Waals surface area contributed by atoms with Gasteiger partial charge in [0.25, 0.3) is 11.8 Å². The van der Waals surface area contributed by atoms with Gasteiger partial charge in [0.2, 0.25) is 5.91 Å². The van der Waals surface area contributed by atoms with Crippen LogP contribution in [0.1, 0.15) is 76.3 Å². The highest BCUT2D eigenvalue weighted by Crippen LogP contribution is 2.38. The van der Waals surface area contributed by atoms with E-state index < -0.39 is 23.0 Å². The van der Waals surface area contributed by atoms with Gasteiger partial charge >= 0.3 is 5.97 Å². The van der Waals surface area contributed by atoms with E-state index in [1.165, 1.54) is 23.1 Å². The third kappa shape index (κ3) is 9.20. The van der Waals surface area contributed by atoms with Crippen molar-refractivity contribution in [1.82, 2.24) is 10.3 Å². The molecule has 0 saturated carbocycles. The Hall–Kier alpha value is -4.74. The molecule has 0 radical (unpaired) electrons. The lowest BCUT2D eigenvalue weighted by Crippen LogP contribution is -2.30. The molecule has 0 bridgehead atoms. The Balaban J connectivity index is 1.29. The molecule has 1 aliphatic rings. The Bertz CT molecular complexity index is 1790. The number of thiophene rings is 1. The van der Waals surface area contributed by atoms with Gasteiger partial charge in [-0.25, -0.2) is 4.79 Å². The first-order chi connectivity index (χ1) is 23.3. The quantitative estimate of drug-likeness (QED) is 0.0849. The highest BCUT2D eigenvalue weighted by atomic mass is 32.2. The van der Waals surface area contributed by atoms with Crippen LogP contribution in [0.4, 0.5) is 10.7 Å². The summed E-state index contributed by atoms with van der Waals surface area (Å²) in [5.41, 5.74) is 3.09. The Labute approximate surface area is 288 Å². The topological polar surface area (TPSA) is 126 Å². The van der Waals surface area contributed by atoms with Crippen molar-refractivity contribution in [3.8, 4) is 0 Å². The minimum absolute atomic E-state index is 0.0464. The summed E-state index contributed by atoms with van der Waals surface area (Å²) in [6.45, 7) is 3.84. The lowest BCUT2D eigenvalue weighted by Gasteiger charge is -2.14. The number of nitrogens with zero attached hydrogens (tertiary/aromatic N) is 1. The van der Waals surface area contributed by atoms with E-state index in [1.807, 2.05) is 12.1 Å². The zero-order chi connectivity index (χ0) is 33.9. The lowest BCUT2D eigenvalue weighted by atomic mass is 9.96. The first-order valence-electron chi connectivity index (χ1n) is 16.0. The van der Waals surface area contributed by atoms with Crippen LogP contribution in [0.5, 0.6) is 0 Å². The van der Waals surface area contributed by atoms with E-state index in [0.717, 1.165) is 53.9 Å². The number of benzene rings is 2. The number of thioether (sulfide) groups is 1. The number of hydrogen-bond donors (Lipinski definition) is 3. The van der Waals surface area contributed by atoms with Crippen molar-refractivity contribution >= 4 is 63.6 Å². The van der Waals surface area contributed by atoms with Gasteiger partial charge in [0.15, 0.2) is 0 Å². The molecule has 2 aromatic heterocycles. The molecular weight excluding hydrogens is 645 g/mol. The largest absolute Gasteiger partial charge is 0.462 e. The predicted octanol–water partition coefficient (Wildman–Crippen LogP) is 7.51. The number of nitrogens with one attached hydrogen (secondary N) is 3. The summed E-state index contributed by atoms with van der Waals surface area (Å²) < 4.78 is 5.39. The van der Waals surface area contributed by atoms with Gasteiger partial charge < -0.3 is 20.7 Å². The highest BCUT2D eigenvalue weighted by Gasteiger charge is 2.27. The number of amides is 3. The van der Waals surface area contributed by atoms with E-state index in [9.17, 15) is 19.2 Å². The van der Waals surface area contributed by atoms with Crippen molar-refractivity contribution in [3.05, 3.63) is 112 Å². The molecule has 4 aromatic rings. The number of pyridine rings is 1. The molecule has 0 fully saturated rings. The number of carbonyl (C=O) groups excluding carboxylic acids is 4.